The first-order valence-corrected chi connectivity index (χ1v) is 14.1. The molecule has 0 saturated carbocycles. The Labute approximate surface area is 234 Å². The monoisotopic (exact) mass is 558 g/mol. The fraction of sp³-hybridized carbons (Fsp3) is 0. The zero-order valence-electron chi connectivity index (χ0n) is 21.1. The second-order valence-electron chi connectivity index (χ2n) is 9.59. The van der Waals surface area contributed by atoms with E-state index in [1.54, 1.807) is 78.9 Å². The number of benzene rings is 5. The number of hydrogen-bond donors (Lipinski definition) is 0. The number of carbonyl (C=O) groups is 4. The Hall–Kier alpha value is -5.41. The molecule has 0 radical (unpaired) electrons. The number of anilines is 2. The lowest BCUT2D eigenvalue weighted by Gasteiger charge is -2.33. The van der Waals surface area contributed by atoms with Gasteiger partial charge < -0.3 is 0 Å². The van der Waals surface area contributed by atoms with Gasteiger partial charge in [0.25, 0.3) is 23.6 Å². The second-order valence-corrected chi connectivity index (χ2v) is 11.5. The van der Waals surface area contributed by atoms with E-state index in [1.165, 1.54) is 24.3 Å². The molecule has 4 amide bonds. The van der Waals surface area contributed by atoms with Gasteiger partial charge in [0.05, 0.1) is 32.3 Å². The van der Waals surface area contributed by atoms with Crippen molar-refractivity contribution in [1.29, 1.82) is 0 Å². The molecule has 7 rings (SSSR count). The van der Waals surface area contributed by atoms with E-state index in [1.807, 2.05) is 0 Å². The van der Waals surface area contributed by atoms with Gasteiger partial charge in [0.2, 0.25) is 9.84 Å². The van der Waals surface area contributed by atoms with Gasteiger partial charge in [-0.05, 0) is 54.6 Å². The van der Waals surface area contributed by atoms with Crippen LogP contribution in [0.3, 0.4) is 0 Å². The summed E-state index contributed by atoms with van der Waals surface area (Å²) < 4.78 is 28.2. The molecule has 8 nitrogen and oxygen atoms in total. The Kier molecular flexibility index (Phi) is 5.28. The summed E-state index contributed by atoms with van der Waals surface area (Å²) in [5, 5.41) is 0.0622. The highest BCUT2D eigenvalue weighted by molar-refractivity contribution is 7.91. The summed E-state index contributed by atoms with van der Waals surface area (Å²) in [6, 6.07) is 28.0. The van der Waals surface area contributed by atoms with Crippen LogP contribution in [0.2, 0.25) is 0 Å². The van der Waals surface area contributed by atoms with Crippen molar-refractivity contribution < 1.29 is 27.6 Å². The molecule has 0 atom stereocenters. The van der Waals surface area contributed by atoms with Gasteiger partial charge in [-0.2, -0.15) is 0 Å². The molecule has 2 heterocycles. The van der Waals surface area contributed by atoms with Crippen molar-refractivity contribution in [3.8, 4) is 0 Å². The summed E-state index contributed by atoms with van der Waals surface area (Å²) in [5.74, 6) is -2.95. The van der Waals surface area contributed by atoms with Crippen molar-refractivity contribution in [2.75, 3.05) is 9.80 Å². The molecule has 0 unspecified atom stereocenters. The first kappa shape index (κ1) is 24.6. The fourth-order valence-electron chi connectivity index (χ4n) is 5.50. The van der Waals surface area contributed by atoms with Gasteiger partial charge in [-0.15, -0.1) is 0 Å². The van der Waals surface area contributed by atoms with Gasteiger partial charge in [0.1, 0.15) is 0 Å². The van der Waals surface area contributed by atoms with Gasteiger partial charge in [-0.3, -0.25) is 19.2 Å². The first-order valence-electron chi connectivity index (χ1n) is 12.6. The van der Waals surface area contributed by atoms with Gasteiger partial charge in [0.15, 0.2) is 0 Å². The highest BCUT2D eigenvalue weighted by atomic mass is 32.2. The molecule has 2 aliphatic heterocycles. The molecule has 9 heteroatoms. The predicted molar refractivity (Wildman–Crippen MR) is 151 cm³/mol. The topological polar surface area (TPSA) is 109 Å². The van der Waals surface area contributed by atoms with Crippen LogP contribution in [0.25, 0.3) is 10.8 Å². The van der Waals surface area contributed by atoms with Crippen LogP contribution in [-0.2, 0) is 9.84 Å². The minimum atomic E-state index is -4.37. The van der Waals surface area contributed by atoms with Crippen LogP contribution in [0.1, 0.15) is 41.4 Å². The average molecular weight is 559 g/mol. The molecule has 5 aromatic rings. The molecule has 5 aromatic carbocycles. The maximum Gasteiger partial charge on any atom is 0.267 e. The Bertz CT molecular complexity index is 2080. The van der Waals surface area contributed by atoms with E-state index in [4.69, 9.17) is 0 Å². The standard InChI is InChI=1S/C32H18N2O6S/c35-29-22-16-17-23-27-26(22)24(31(37)33(29)19-10-4-1-5-11-19)18-25(41(39,40)21-14-8-3-9-15-21)28(27)32(38)34(30(23)36)20-12-6-2-7-13-20/h1-18H. The van der Waals surface area contributed by atoms with Crippen LogP contribution < -0.4 is 9.80 Å². The molecule has 0 bridgehead atoms. The van der Waals surface area contributed by atoms with E-state index in [0.717, 1.165) is 15.9 Å². The van der Waals surface area contributed by atoms with Crippen LogP contribution in [0.15, 0.2) is 119 Å². The van der Waals surface area contributed by atoms with Crippen LogP contribution in [0, 0.1) is 0 Å². The SMILES string of the molecule is O=C1c2ccc3c4c(c(S(=O)(=O)c5ccccc5)cc(c24)C(=O)N1c1ccccc1)C(=O)N(c1ccccc1)C3=O. The minimum absolute atomic E-state index is 0.0160. The van der Waals surface area contributed by atoms with Gasteiger partial charge in [0, 0.05) is 21.9 Å². The number of imide groups is 2. The lowest BCUT2D eigenvalue weighted by Crippen LogP contribution is -2.44. The number of amides is 4. The number of sulfone groups is 1. The fourth-order valence-corrected chi connectivity index (χ4v) is 7.00. The zero-order chi connectivity index (χ0) is 28.5. The predicted octanol–water partition coefficient (Wildman–Crippen LogP) is 5.27. The van der Waals surface area contributed by atoms with Gasteiger partial charge in [-0.1, -0.05) is 54.6 Å². The molecule has 0 fully saturated rings. The molecular weight excluding hydrogens is 540 g/mol. The minimum Gasteiger partial charge on any atom is -0.268 e. The quantitative estimate of drug-likeness (QED) is 0.278. The lowest BCUT2D eigenvalue weighted by atomic mass is 9.85. The Balaban J connectivity index is 1.60. The molecule has 0 aromatic heterocycles. The molecule has 0 aliphatic carbocycles. The third-order valence-corrected chi connectivity index (χ3v) is 9.13. The molecule has 0 spiro atoms. The number of rotatable bonds is 4. The van der Waals surface area contributed by atoms with E-state index in [9.17, 15) is 27.6 Å². The smallest absolute Gasteiger partial charge is 0.267 e. The van der Waals surface area contributed by atoms with Crippen LogP contribution >= 0.6 is 0 Å². The summed E-state index contributed by atoms with van der Waals surface area (Å²) in [6.07, 6.45) is 0. The summed E-state index contributed by atoms with van der Waals surface area (Å²) in [6.45, 7) is 0. The molecule has 41 heavy (non-hydrogen) atoms. The van der Waals surface area contributed by atoms with Crippen LogP contribution in [-0.4, -0.2) is 32.0 Å². The number of nitrogens with zero attached hydrogens (tertiary/aromatic N) is 2. The van der Waals surface area contributed by atoms with Crippen molar-refractivity contribution in [2.45, 2.75) is 9.79 Å². The van der Waals surface area contributed by atoms with E-state index >= 15 is 0 Å². The second kappa shape index (κ2) is 8.80. The van der Waals surface area contributed by atoms with Crippen molar-refractivity contribution in [3.05, 3.63) is 131 Å². The third kappa shape index (κ3) is 3.42. The zero-order valence-corrected chi connectivity index (χ0v) is 22.0. The third-order valence-electron chi connectivity index (χ3n) is 7.34. The van der Waals surface area contributed by atoms with E-state index in [2.05, 4.69) is 0 Å². The first-order chi connectivity index (χ1) is 19.8. The maximum atomic E-state index is 14.2. The maximum absolute atomic E-state index is 14.2. The van der Waals surface area contributed by atoms with Crippen LogP contribution in [0.5, 0.6) is 0 Å². The summed E-state index contributed by atoms with van der Waals surface area (Å²) >= 11 is 0. The highest BCUT2D eigenvalue weighted by Crippen LogP contribution is 2.43. The van der Waals surface area contributed by atoms with E-state index < -0.39 is 38.4 Å². The van der Waals surface area contributed by atoms with Crippen molar-refractivity contribution in [2.24, 2.45) is 0 Å². The van der Waals surface area contributed by atoms with Crippen LogP contribution in [0.4, 0.5) is 11.4 Å². The van der Waals surface area contributed by atoms with Crippen molar-refractivity contribution >= 4 is 55.6 Å². The Morgan fingerprint density at radius 1 is 0.463 bits per heavy atom. The Morgan fingerprint density at radius 2 is 0.902 bits per heavy atom. The molecule has 0 saturated heterocycles. The van der Waals surface area contributed by atoms with Crippen molar-refractivity contribution in [3.63, 3.8) is 0 Å². The van der Waals surface area contributed by atoms with Gasteiger partial charge in [-0.25, -0.2) is 18.2 Å². The summed E-state index contributed by atoms with van der Waals surface area (Å²) in [7, 11) is -4.37. The summed E-state index contributed by atoms with van der Waals surface area (Å²) in [5.41, 5.74) is 0.306. The molecular formula is C32H18N2O6S. The number of carbonyl (C=O) groups excluding carboxylic acids is 4. The molecule has 2 aliphatic rings. The molecule has 0 N–H and O–H groups in total. The average Bonchev–Trinajstić information content (AvgIpc) is 3.00. The van der Waals surface area contributed by atoms with Crippen molar-refractivity contribution in [1.82, 2.24) is 0 Å². The number of para-hydroxylation sites is 2. The van der Waals surface area contributed by atoms with E-state index in [-0.39, 0.29) is 43.6 Å². The van der Waals surface area contributed by atoms with E-state index in [0.29, 0.717) is 5.69 Å². The molecule has 198 valence electrons. The highest BCUT2D eigenvalue weighted by Gasteiger charge is 2.44. The summed E-state index contributed by atoms with van der Waals surface area (Å²) in [4.78, 5) is 57.0. The normalized spacial score (nSPS) is 14.6. The Morgan fingerprint density at radius 3 is 1.44 bits per heavy atom. The van der Waals surface area contributed by atoms with Gasteiger partial charge >= 0.3 is 0 Å². The lowest BCUT2D eigenvalue weighted by molar-refractivity contribution is 0.0871. The largest absolute Gasteiger partial charge is 0.268 e. The number of hydrogen-bond acceptors (Lipinski definition) is 6.